The molecule has 3 heteroatoms. The van der Waals surface area contributed by atoms with Crippen molar-refractivity contribution in [1.29, 1.82) is 0 Å². The average Bonchev–Trinajstić information content (AvgIpc) is 2.71. The SMILES string of the molecule is CCCCCC(O)C(CCCCCCCCC/C=C\CCCl)C(O)CCCCC. The number of aliphatic hydroxyl groups excluding tert-OH is 2. The predicted molar refractivity (Wildman–Crippen MR) is 130 cm³/mol. The highest BCUT2D eigenvalue weighted by molar-refractivity contribution is 6.17. The van der Waals surface area contributed by atoms with E-state index in [9.17, 15) is 10.2 Å². The second-order valence-corrected chi connectivity index (χ2v) is 9.17. The highest BCUT2D eigenvalue weighted by atomic mass is 35.5. The molecule has 0 saturated heterocycles. The van der Waals surface area contributed by atoms with Crippen molar-refractivity contribution in [3.8, 4) is 0 Å². The molecule has 0 aromatic carbocycles. The van der Waals surface area contributed by atoms with Crippen LogP contribution in [0.3, 0.4) is 0 Å². The van der Waals surface area contributed by atoms with E-state index in [4.69, 9.17) is 11.6 Å². The minimum Gasteiger partial charge on any atom is -0.393 e. The van der Waals surface area contributed by atoms with Gasteiger partial charge in [0, 0.05) is 11.8 Å². The largest absolute Gasteiger partial charge is 0.393 e. The van der Waals surface area contributed by atoms with Crippen LogP contribution < -0.4 is 0 Å². The highest BCUT2D eigenvalue weighted by Crippen LogP contribution is 2.25. The fourth-order valence-corrected chi connectivity index (χ4v) is 4.23. The molecule has 0 amide bonds. The molecule has 174 valence electrons. The summed E-state index contributed by atoms with van der Waals surface area (Å²) in [4.78, 5) is 0. The normalized spacial score (nSPS) is 15.1. The van der Waals surface area contributed by atoms with Gasteiger partial charge < -0.3 is 10.2 Å². The van der Waals surface area contributed by atoms with E-state index in [1.165, 1.54) is 70.6 Å². The number of unbranched alkanes of at least 4 members (excludes halogenated alkanes) is 11. The van der Waals surface area contributed by atoms with Gasteiger partial charge in [-0.2, -0.15) is 0 Å². The predicted octanol–water partition coefficient (Wildman–Crippen LogP) is 8.18. The van der Waals surface area contributed by atoms with Gasteiger partial charge in [0.1, 0.15) is 0 Å². The van der Waals surface area contributed by atoms with Crippen molar-refractivity contribution in [1.82, 2.24) is 0 Å². The third kappa shape index (κ3) is 18.4. The van der Waals surface area contributed by atoms with E-state index in [1.54, 1.807) is 0 Å². The molecule has 2 atom stereocenters. The van der Waals surface area contributed by atoms with Gasteiger partial charge >= 0.3 is 0 Å². The van der Waals surface area contributed by atoms with E-state index in [-0.39, 0.29) is 18.1 Å². The molecule has 0 bridgehead atoms. The highest BCUT2D eigenvalue weighted by Gasteiger charge is 2.25. The summed E-state index contributed by atoms with van der Waals surface area (Å²) < 4.78 is 0. The molecule has 0 spiro atoms. The lowest BCUT2D eigenvalue weighted by atomic mass is 9.85. The van der Waals surface area contributed by atoms with E-state index in [0.29, 0.717) is 0 Å². The summed E-state index contributed by atoms with van der Waals surface area (Å²) in [6, 6.07) is 0. The Morgan fingerprint density at radius 3 is 1.55 bits per heavy atom. The van der Waals surface area contributed by atoms with Crippen molar-refractivity contribution < 1.29 is 10.2 Å². The van der Waals surface area contributed by atoms with E-state index in [2.05, 4.69) is 26.0 Å². The van der Waals surface area contributed by atoms with Crippen molar-refractivity contribution in [2.45, 2.75) is 142 Å². The summed E-state index contributed by atoms with van der Waals surface area (Å²) in [5.41, 5.74) is 0. The smallest absolute Gasteiger partial charge is 0.0593 e. The summed E-state index contributed by atoms with van der Waals surface area (Å²) in [6.45, 7) is 4.39. The van der Waals surface area contributed by atoms with Crippen LogP contribution in [-0.2, 0) is 0 Å². The third-order valence-corrected chi connectivity index (χ3v) is 6.26. The van der Waals surface area contributed by atoms with E-state index in [0.717, 1.165) is 50.8 Å². The van der Waals surface area contributed by atoms with Crippen LogP contribution >= 0.6 is 11.6 Å². The Bertz CT molecular complexity index is 330. The molecule has 2 N–H and O–H groups in total. The molecule has 0 radical (unpaired) electrons. The molecule has 29 heavy (non-hydrogen) atoms. The Hall–Kier alpha value is -0.0500. The average molecular weight is 431 g/mol. The summed E-state index contributed by atoms with van der Waals surface area (Å²) >= 11 is 5.66. The van der Waals surface area contributed by atoms with Crippen LogP contribution in [0.1, 0.15) is 129 Å². The fourth-order valence-electron chi connectivity index (χ4n) is 4.10. The molecule has 0 fully saturated rings. The second-order valence-electron chi connectivity index (χ2n) is 8.79. The maximum absolute atomic E-state index is 10.7. The molecular formula is C26H51ClO2. The van der Waals surface area contributed by atoms with Gasteiger partial charge in [0.15, 0.2) is 0 Å². The Morgan fingerprint density at radius 1 is 0.586 bits per heavy atom. The molecule has 0 aliphatic carbocycles. The first-order valence-electron chi connectivity index (χ1n) is 12.7. The molecule has 0 rings (SSSR count). The molecule has 2 unspecified atom stereocenters. The molecular weight excluding hydrogens is 380 g/mol. The lowest BCUT2D eigenvalue weighted by Gasteiger charge is -2.28. The summed E-state index contributed by atoms with van der Waals surface area (Å²) in [5, 5.41) is 21.3. The summed E-state index contributed by atoms with van der Waals surface area (Å²) in [7, 11) is 0. The van der Waals surface area contributed by atoms with E-state index in [1.807, 2.05) is 0 Å². The zero-order chi connectivity index (χ0) is 21.6. The number of rotatable bonds is 22. The number of halogens is 1. The monoisotopic (exact) mass is 430 g/mol. The number of alkyl halides is 1. The first-order valence-corrected chi connectivity index (χ1v) is 13.3. The van der Waals surface area contributed by atoms with Crippen LogP contribution in [0.5, 0.6) is 0 Å². The number of hydrogen-bond donors (Lipinski definition) is 2. The Labute approximate surface area is 187 Å². The van der Waals surface area contributed by atoms with Crippen molar-refractivity contribution in [2.75, 3.05) is 5.88 Å². The Kier molecular flexibility index (Phi) is 22.6. The van der Waals surface area contributed by atoms with Gasteiger partial charge in [0.05, 0.1) is 12.2 Å². The van der Waals surface area contributed by atoms with Gasteiger partial charge in [-0.05, 0) is 38.5 Å². The second kappa shape index (κ2) is 22.6. The quantitative estimate of drug-likeness (QED) is 0.103. The van der Waals surface area contributed by atoms with Gasteiger partial charge in [-0.3, -0.25) is 0 Å². The van der Waals surface area contributed by atoms with Crippen molar-refractivity contribution >= 4 is 11.6 Å². The maximum atomic E-state index is 10.7. The van der Waals surface area contributed by atoms with Gasteiger partial charge in [-0.15, -0.1) is 11.6 Å². The summed E-state index contributed by atoms with van der Waals surface area (Å²) in [6.07, 6.45) is 24.4. The standard InChI is InChI=1S/C26H51ClO2/c1-3-5-16-21-25(28)24(26(29)22-17-6-4-2)20-18-14-12-10-8-7-9-11-13-15-19-23-27/h13,15,24-26,28-29H,3-12,14,16-23H2,1-2H3/b15-13-. The van der Waals surface area contributed by atoms with Gasteiger partial charge in [0.2, 0.25) is 0 Å². The third-order valence-electron chi connectivity index (χ3n) is 6.05. The Balaban J connectivity index is 3.96. The first-order chi connectivity index (χ1) is 14.2. The van der Waals surface area contributed by atoms with Gasteiger partial charge in [-0.25, -0.2) is 0 Å². The van der Waals surface area contributed by atoms with Crippen LogP contribution in [0.2, 0.25) is 0 Å². The zero-order valence-corrected chi connectivity index (χ0v) is 20.4. The molecule has 0 aromatic rings. The minimum atomic E-state index is -0.329. The van der Waals surface area contributed by atoms with E-state index >= 15 is 0 Å². The molecule has 0 aromatic heterocycles. The number of hydrogen-bond acceptors (Lipinski definition) is 2. The molecule has 0 heterocycles. The summed E-state index contributed by atoms with van der Waals surface area (Å²) in [5.74, 6) is 0.798. The number of allylic oxidation sites excluding steroid dienone is 2. The molecule has 0 aliphatic rings. The molecule has 0 aliphatic heterocycles. The Morgan fingerprint density at radius 2 is 1.03 bits per heavy atom. The lowest BCUT2D eigenvalue weighted by molar-refractivity contribution is -0.00316. The van der Waals surface area contributed by atoms with Gasteiger partial charge in [0.25, 0.3) is 0 Å². The molecule has 0 saturated carbocycles. The topological polar surface area (TPSA) is 40.5 Å². The van der Waals surface area contributed by atoms with Crippen LogP contribution in [-0.4, -0.2) is 28.3 Å². The lowest BCUT2D eigenvalue weighted by Crippen LogP contribution is -2.32. The van der Waals surface area contributed by atoms with Crippen LogP contribution in [0.25, 0.3) is 0 Å². The zero-order valence-electron chi connectivity index (χ0n) is 19.6. The van der Waals surface area contributed by atoms with E-state index < -0.39 is 0 Å². The van der Waals surface area contributed by atoms with Crippen molar-refractivity contribution in [3.63, 3.8) is 0 Å². The minimum absolute atomic E-state index is 0.0727. The maximum Gasteiger partial charge on any atom is 0.0593 e. The van der Waals surface area contributed by atoms with Crippen LogP contribution in [0.15, 0.2) is 12.2 Å². The van der Waals surface area contributed by atoms with Gasteiger partial charge in [-0.1, -0.05) is 103 Å². The van der Waals surface area contributed by atoms with Crippen LogP contribution in [0.4, 0.5) is 0 Å². The van der Waals surface area contributed by atoms with Crippen molar-refractivity contribution in [3.05, 3.63) is 12.2 Å². The van der Waals surface area contributed by atoms with Crippen molar-refractivity contribution in [2.24, 2.45) is 5.92 Å². The fraction of sp³-hybridized carbons (Fsp3) is 0.923. The number of aliphatic hydroxyl groups is 2. The van der Waals surface area contributed by atoms with Crippen LogP contribution in [0, 0.1) is 5.92 Å². The molecule has 2 nitrogen and oxygen atoms in total. The first kappa shape index (κ1) is 28.9.